The van der Waals surface area contributed by atoms with Crippen LogP contribution in [0.5, 0.6) is 0 Å². The Morgan fingerprint density at radius 3 is 2.71 bits per heavy atom. The van der Waals surface area contributed by atoms with E-state index in [1.807, 2.05) is 67.7 Å². The second kappa shape index (κ2) is 8.08. The molecular formula is C26H27N3O2. The average Bonchev–Trinajstić information content (AvgIpc) is 3.44. The van der Waals surface area contributed by atoms with Crippen LogP contribution in [0.1, 0.15) is 24.7 Å². The molecule has 1 saturated heterocycles. The predicted octanol–water partition coefficient (Wildman–Crippen LogP) is 4.75. The lowest BCUT2D eigenvalue weighted by Gasteiger charge is -2.48. The van der Waals surface area contributed by atoms with E-state index >= 15 is 0 Å². The minimum absolute atomic E-state index is 0.0911. The zero-order valence-corrected chi connectivity index (χ0v) is 17.7. The number of rotatable bonds is 7. The van der Waals surface area contributed by atoms with E-state index in [-0.39, 0.29) is 5.91 Å². The van der Waals surface area contributed by atoms with Crippen molar-refractivity contribution in [3.05, 3.63) is 84.3 Å². The van der Waals surface area contributed by atoms with Crippen LogP contribution >= 0.6 is 0 Å². The van der Waals surface area contributed by atoms with Crippen molar-refractivity contribution >= 4 is 16.8 Å². The number of hydrogen-bond donors (Lipinski definition) is 2. The lowest BCUT2D eigenvalue weighted by atomic mass is 9.85. The number of carbonyl (C=O) groups excluding carboxylic acids is 1. The Hall–Kier alpha value is -3.31. The van der Waals surface area contributed by atoms with Gasteiger partial charge in [-0.1, -0.05) is 48.5 Å². The largest absolute Gasteiger partial charge is 0.460 e. The maximum atomic E-state index is 13.0. The molecule has 1 aliphatic heterocycles. The Morgan fingerprint density at radius 2 is 1.90 bits per heavy atom. The molecule has 0 bridgehead atoms. The molecule has 2 aromatic heterocycles. The molecule has 5 rings (SSSR count). The third kappa shape index (κ3) is 3.77. The summed E-state index contributed by atoms with van der Waals surface area (Å²) < 4.78 is 6.04. The first-order valence-corrected chi connectivity index (χ1v) is 10.9. The number of nitrogens with zero attached hydrogens (tertiary/aromatic N) is 1. The maximum Gasteiger partial charge on any atom is 0.240 e. The summed E-state index contributed by atoms with van der Waals surface area (Å²) in [5.41, 5.74) is 2.94. The van der Waals surface area contributed by atoms with Crippen LogP contribution in [0.4, 0.5) is 0 Å². The molecule has 5 nitrogen and oxygen atoms in total. The van der Waals surface area contributed by atoms with Crippen LogP contribution in [0.2, 0.25) is 0 Å². The van der Waals surface area contributed by atoms with Gasteiger partial charge in [-0.05, 0) is 43.5 Å². The number of carbonyl (C=O) groups is 1. The van der Waals surface area contributed by atoms with Crippen molar-refractivity contribution in [3.8, 4) is 11.3 Å². The van der Waals surface area contributed by atoms with Gasteiger partial charge in [0.25, 0.3) is 0 Å². The van der Waals surface area contributed by atoms with E-state index in [4.69, 9.17) is 4.42 Å². The molecule has 5 heteroatoms. The molecule has 31 heavy (non-hydrogen) atoms. The van der Waals surface area contributed by atoms with E-state index in [0.29, 0.717) is 13.1 Å². The highest BCUT2D eigenvalue weighted by molar-refractivity contribution is 5.87. The number of nitrogens with one attached hydrogen (secondary N) is 2. The van der Waals surface area contributed by atoms with Gasteiger partial charge in [0.1, 0.15) is 11.5 Å². The number of furan rings is 1. The first-order valence-electron chi connectivity index (χ1n) is 10.9. The Kier molecular flexibility index (Phi) is 5.12. The molecule has 158 valence electrons. The molecular weight excluding hydrogens is 386 g/mol. The third-order valence-corrected chi connectivity index (χ3v) is 6.48. The quantitative estimate of drug-likeness (QED) is 0.460. The molecule has 2 N–H and O–H groups in total. The van der Waals surface area contributed by atoms with Gasteiger partial charge in [0.05, 0.1) is 12.1 Å². The molecule has 4 aromatic rings. The number of H-pyrrole nitrogens is 1. The van der Waals surface area contributed by atoms with Crippen molar-refractivity contribution in [1.82, 2.24) is 15.2 Å². The number of amides is 1. The second-order valence-electron chi connectivity index (χ2n) is 8.44. The fourth-order valence-electron chi connectivity index (χ4n) is 4.36. The Balaban J connectivity index is 1.18. The molecule has 1 atom stereocenters. The van der Waals surface area contributed by atoms with Gasteiger partial charge in [0.15, 0.2) is 0 Å². The zero-order valence-electron chi connectivity index (χ0n) is 17.7. The molecule has 1 aliphatic rings. The van der Waals surface area contributed by atoms with E-state index in [2.05, 4.69) is 27.3 Å². The normalized spacial score (nSPS) is 18.7. The molecule has 1 unspecified atom stereocenters. The summed E-state index contributed by atoms with van der Waals surface area (Å²) in [6, 6.07) is 22.4. The summed E-state index contributed by atoms with van der Waals surface area (Å²) in [5.74, 6) is 1.84. The highest BCUT2D eigenvalue weighted by Crippen LogP contribution is 2.33. The van der Waals surface area contributed by atoms with Gasteiger partial charge < -0.3 is 14.7 Å². The highest BCUT2D eigenvalue weighted by atomic mass is 16.3. The molecule has 1 amide bonds. The molecule has 2 aromatic carbocycles. The molecule has 1 fully saturated rings. The van der Waals surface area contributed by atoms with Crippen molar-refractivity contribution in [2.45, 2.75) is 31.8 Å². The maximum absolute atomic E-state index is 13.0. The zero-order chi connectivity index (χ0) is 21.3. The van der Waals surface area contributed by atoms with Crippen LogP contribution in [0.25, 0.3) is 22.2 Å². The van der Waals surface area contributed by atoms with E-state index in [9.17, 15) is 4.79 Å². The van der Waals surface area contributed by atoms with Gasteiger partial charge in [-0.25, -0.2) is 0 Å². The number of benzene rings is 2. The number of hydrogen-bond acceptors (Lipinski definition) is 3. The van der Waals surface area contributed by atoms with Crippen molar-refractivity contribution in [2.24, 2.45) is 0 Å². The van der Waals surface area contributed by atoms with E-state index in [1.54, 1.807) is 0 Å². The van der Waals surface area contributed by atoms with E-state index in [1.165, 1.54) is 10.9 Å². The van der Waals surface area contributed by atoms with Gasteiger partial charge in [-0.15, -0.1) is 0 Å². The fourth-order valence-corrected chi connectivity index (χ4v) is 4.36. The minimum atomic E-state index is -0.486. The highest BCUT2D eigenvalue weighted by Gasteiger charge is 2.46. The van der Waals surface area contributed by atoms with Crippen LogP contribution in [0.3, 0.4) is 0 Å². The van der Waals surface area contributed by atoms with Gasteiger partial charge in [-0.2, -0.15) is 0 Å². The van der Waals surface area contributed by atoms with Crippen molar-refractivity contribution in [3.63, 3.8) is 0 Å². The number of para-hydroxylation sites is 1. The van der Waals surface area contributed by atoms with E-state index < -0.39 is 5.54 Å². The summed E-state index contributed by atoms with van der Waals surface area (Å²) >= 11 is 0. The van der Waals surface area contributed by atoms with Gasteiger partial charge in [-0.3, -0.25) is 9.69 Å². The minimum Gasteiger partial charge on any atom is -0.460 e. The lowest BCUT2D eigenvalue weighted by molar-refractivity contribution is -0.142. The standard InChI is InChI=1S/C26H27N3O2/c1-26(25(30)27-15-13-20-17-28-23-10-6-5-9-22(20)23)14-16-29(26)18-21-11-12-24(31-21)19-7-3-2-4-8-19/h2-12,17,28H,13-16,18H2,1H3,(H,27,30). The Morgan fingerprint density at radius 1 is 1.10 bits per heavy atom. The third-order valence-electron chi connectivity index (χ3n) is 6.48. The number of fused-ring (bicyclic) bond motifs is 1. The van der Waals surface area contributed by atoms with Crippen molar-refractivity contribution in [1.29, 1.82) is 0 Å². The first kappa shape index (κ1) is 19.6. The monoisotopic (exact) mass is 413 g/mol. The van der Waals surface area contributed by atoms with Crippen LogP contribution < -0.4 is 5.32 Å². The van der Waals surface area contributed by atoms with Crippen LogP contribution in [0.15, 0.2) is 77.3 Å². The average molecular weight is 414 g/mol. The summed E-state index contributed by atoms with van der Waals surface area (Å²) in [5, 5.41) is 4.37. The lowest BCUT2D eigenvalue weighted by Crippen LogP contribution is -2.65. The van der Waals surface area contributed by atoms with Gasteiger partial charge in [0, 0.05) is 35.8 Å². The summed E-state index contributed by atoms with van der Waals surface area (Å²) in [6.45, 7) is 4.19. The topological polar surface area (TPSA) is 61.3 Å². The molecule has 0 aliphatic carbocycles. The molecule has 3 heterocycles. The smallest absolute Gasteiger partial charge is 0.240 e. The number of aromatic nitrogens is 1. The van der Waals surface area contributed by atoms with Crippen molar-refractivity contribution < 1.29 is 9.21 Å². The predicted molar refractivity (Wildman–Crippen MR) is 123 cm³/mol. The first-order chi connectivity index (χ1) is 15.1. The summed E-state index contributed by atoms with van der Waals surface area (Å²) in [6.07, 6.45) is 3.71. The Bertz CT molecular complexity index is 1190. The van der Waals surface area contributed by atoms with E-state index in [0.717, 1.165) is 42.0 Å². The molecule has 0 radical (unpaired) electrons. The molecule has 0 saturated carbocycles. The second-order valence-corrected chi connectivity index (χ2v) is 8.44. The SMILES string of the molecule is CC1(C(=O)NCCc2c[nH]c3ccccc23)CCN1Cc1ccc(-c2ccccc2)o1. The number of aromatic amines is 1. The van der Waals surface area contributed by atoms with Crippen molar-refractivity contribution in [2.75, 3.05) is 13.1 Å². The van der Waals surface area contributed by atoms with Gasteiger partial charge >= 0.3 is 0 Å². The Labute approximate surface area is 182 Å². The summed E-state index contributed by atoms with van der Waals surface area (Å²) in [4.78, 5) is 18.5. The van der Waals surface area contributed by atoms with Crippen LogP contribution in [-0.2, 0) is 17.8 Å². The molecule has 0 spiro atoms. The number of likely N-dealkylation sites (tertiary alicyclic amines) is 1. The fraction of sp³-hybridized carbons (Fsp3) is 0.269. The summed E-state index contributed by atoms with van der Waals surface area (Å²) in [7, 11) is 0. The van der Waals surface area contributed by atoms with Crippen LogP contribution in [-0.4, -0.2) is 34.4 Å². The van der Waals surface area contributed by atoms with Gasteiger partial charge in [0.2, 0.25) is 5.91 Å². The van der Waals surface area contributed by atoms with Crippen LogP contribution in [0, 0.1) is 0 Å².